The number of aryl methyl sites for hydroxylation is 1. The molecule has 0 spiro atoms. The van der Waals surface area contributed by atoms with Crippen LogP contribution < -0.4 is 14.4 Å². The number of ether oxygens (including phenoxy) is 1. The van der Waals surface area contributed by atoms with Crippen LogP contribution in [0.3, 0.4) is 0 Å². The number of anilines is 1. The number of amides is 1. The molecule has 0 heterocycles. The Morgan fingerprint density at radius 3 is 2.14 bits per heavy atom. The van der Waals surface area contributed by atoms with Gasteiger partial charge in [0, 0.05) is 5.56 Å². The predicted octanol–water partition coefficient (Wildman–Crippen LogP) is 5.49. The number of benzene rings is 3. The highest BCUT2D eigenvalue weighted by atomic mass is 32.2. The second-order valence-corrected chi connectivity index (χ2v) is 11.1. The SMILES string of the molecule is COc1ccc([C@H](CC(C)C)NC(=O)c2ccc(N(Cc3ccccc3C)S(C)(=O)=O)cc2)cc1. The van der Waals surface area contributed by atoms with Crippen LogP contribution in [-0.4, -0.2) is 27.7 Å². The van der Waals surface area contributed by atoms with E-state index in [1.54, 1.807) is 31.4 Å². The van der Waals surface area contributed by atoms with E-state index in [-0.39, 0.29) is 18.5 Å². The molecular formula is C28H34N2O4S. The Morgan fingerprint density at radius 1 is 0.971 bits per heavy atom. The molecule has 0 unspecified atom stereocenters. The zero-order valence-electron chi connectivity index (χ0n) is 21.0. The summed E-state index contributed by atoms with van der Waals surface area (Å²) in [5.41, 5.74) is 3.94. The monoisotopic (exact) mass is 494 g/mol. The van der Waals surface area contributed by atoms with Gasteiger partial charge in [-0.1, -0.05) is 50.2 Å². The van der Waals surface area contributed by atoms with Crippen LogP contribution in [0.25, 0.3) is 0 Å². The van der Waals surface area contributed by atoms with Crippen molar-refractivity contribution in [3.05, 3.63) is 95.1 Å². The molecule has 3 aromatic rings. The van der Waals surface area contributed by atoms with E-state index in [1.807, 2.05) is 55.5 Å². The first kappa shape index (κ1) is 26.3. The lowest BCUT2D eigenvalue weighted by atomic mass is 9.96. The Labute approximate surface area is 209 Å². The molecule has 0 fully saturated rings. The minimum atomic E-state index is -3.52. The van der Waals surface area contributed by atoms with E-state index in [9.17, 15) is 13.2 Å². The number of methoxy groups -OCH3 is 1. The molecule has 0 aliphatic rings. The summed E-state index contributed by atoms with van der Waals surface area (Å²) in [6.07, 6.45) is 1.98. The van der Waals surface area contributed by atoms with Crippen molar-refractivity contribution in [3.63, 3.8) is 0 Å². The standard InChI is InChI=1S/C28H34N2O4S/c1-20(2)18-27(22-12-16-26(34-4)17-13-22)29-28(31)23-10-14-25(15-11-23)30(35(5,32)33)19-24-9-7-6-8-21(24)3/h6-17,20,27H,18-19H2,1-5H3,(H,29,31)/t27-/m0/s1. The molecule has 6 nitrogen and oxygen atoms in total. The smallest absolute Gasteiger partial charge is 0.251 e. The molecule has 0 saturated heterocycles. The van der Waals surface area contributed by atoms with E-state index in [0.717, 1.165) is 28.9 Å². The first-order chi connectivity index (χ1) is 16.6. The van der Waals surface area contributed by atoms with Crippen molar-refractivity contribution in [2.24, 2.45) is 5.92 Å². The minimum absolute atomic E-state index is 0.151. The lowest BCUT2D eigenvalue weighted by molar-refractivity contribution is 0.0932. The van der Waals surface area contributed by atoms with Crippen LogP contribution in [0.4, 0.5) is 5.69 Å². The molecule has 0 saturated carbocycles. The first-order valence-corrected chi connectivity index (χ1v) is 13.5. The lowest BCUT2D eigenvalue weighted by Crippen LogP contribution is -2.30. The maximum Gasteiger partial charge on any atom is 0.251 e. The fourth-order valence-corrected chi connectivity index (χ4v) is 4.83. The predicted molar refractivity (Wildman–Crippen MR) is 141 cm³/mol. The third-order valence-corrected chi connectivity index (χ3v) is 7.06. The molecule has 1 N–H and O–H groups in total. The molecule has 0 radical (unpaired) electrons. The zero-order chi connectivity index (χ0) is 25.6. The number of sulfonamides is 1. The summed E-state index contributed by atoms with van der Waals surface area (Å²) in [4.78, 5) is 13.1. The van der Waals surface area contributed by atoms with E-state index in [4.69, 9.17) is 4.74 Å². The van der Waals surface area contributed by atoms with Crippen LogP contribution in [0.2, 0.25) is 0 Å². The average molecular weight is 495 g/mol. The second-order valence-electron chi connectivity index (χ2n) is 9.17. The number of hydrogen-bond acceptors (Lipinski definition) is 4. The van der Waals surface area contributed by atoms with E-state index in [2.05, 4.69) is 19.2 Å². The molecule has 3 aromatic carbocycles. The molecule has 0 aromatic heterocycles. The molecule has 1 atom stereocenters. The van der Waals surface area contributed by atoms with Gasteiger partial charge in [0.1, 0.15) is 5.75 Å². The molecule has 0 aliphatic heterocycles. The largest absolute Gasteiger partial charge is 0.497 e. The third-order valence-electron chi connectivity index (χ3n) is 5.92. The van der Waals surface area contributed by atoms with Gasteiger partial charge in [-0.25, -0.2) is 8.42 Å². The maximum atomic E-state index is 13.1. The van der Waals surface area contributed by atoms with Gasteiger partial charge >= 0.3 is 0 Å². The molecule has 1 amide bonds. The summed E-state index contributed by atoms with van der Waals surface area (Å²) in [6, 6.07) is 21.9. The number of nitrogens with one attached hydrogen (secondary N) is 1. The molecule has 0 aliphatic carbocycles. The van der Waals surface area contributed by atoms with Crippen molar-refractivity contribution in [3.8, 4) is 5.75 Å². The highest BCUT2D eigenvalue weighted by Gasteiger charge is 2.21. The molecular weight excluding hydrogens is 460 g/mol. The van der Waals surface area contributed by atoms with Crippen molar-refractivity contribution in [2.45, 2.75) is 39.8 Å². The minimum Gasteiger partial charge on any atom is -0.497 e. The Bertz CT molecular complexity index is 1240. The summed E-state index contributed by atoms with van der Waals surface area (Å²) in [5.74, 6) is 0.942. The number of carbonyl (C=O) groups excluding carboxylic acids is 1. The normalized spacial score (nSPS) is 12.3. The average Bonchev–Trinajstić information content (AvgIpc) is 2.82. The van der Waals surface area contributed by atoms with E-state index in [1.165, 1.54) is 10.6 Å². The van der Waals surface area contributed by atoms with Gasteiger partial charge in [-0.2, -0.15) is 0 Å². The third kappa shape index (κ3) is 7.09. The number of hydrogen-bond donors (Lipinski definition) is 1. The fourth-order valence-electron chi connectivity index (χ4n) is 3.95. The first-order valence-electron chi connectivity index (χ1n) is 11.7. The van der Waals surface area contributed by atoms with Crippen molar-refractivity contribution in [2.75, 3.05) is 17.7 Å². The van der Waals surface area contributed by atoms with Crippen molar-refractivity contribution in [1.29, 1.82) is 0 Å². The molecule has 7 heteroatoms. The summed E-state index contributed by atoms with van der Waals surface area (Å²) >= 11 is 0. The Hall–Kier alpha value is -3.32. The van der Waals surface area contributed by atoms with Crippen LogP contribution in [0.15, 0.2) is 72.8 Å². The Morgan fingerprint density at radius 2 is 1.60 bits per heavy atom. The quantitative estimate of drug-likeness (QED) is 0.405. The molecule has 35 heavy (non-hydrogen) atoms. The van der Waals surface area contributed by atoms with Gasteiger partial charge in [0.2, 0.25) is 10.0 Å². The second kappa shape index (κ2) is 11.4. The summed E-state index contributed by atoms with van der Waals surface area (Å²) in [7, 11) is -1.89. The summed E-state index contributed by atoms with van der Waals surface area (Å²) < 4.78 is 31.7. The van der Waals surface area contributed by atoms with Crippen LogP contribution in [0.5, 0.6) is 5.75 Å². The Balaban J connectivity index is 1.80. The number of nitrogens with zero attached hydrogens (tertiary/aromatic N) is 1. The van der Waals surface area contributed by atoms with Crippen LogP contribution in [-0.2, 0) is 16.6 Å². The number of carbonyl (C=O) groups is 1. The fraction of sp³-hybridized carbons (Fsp3) is 0.321. The van der Waals surface area contributed by atoms with Gasteiger partial charge in [-0.15, -0.1) is 0 Å². The molecule has 0 bridgehead atoms. The van der Waals surface area contributed by atoms with E-state index < -0.39 is 10.0 Å². The van der Waals surface area contributed by atoms with Gasteiger partial charge in [0.25, 0.3) is 5.91 Å². The van der Waals surface area contributed by atoms with Crippen LogP contribution in [0.1, 0.15) is 53.4 Å². The summed E-state index contributed by atoms with van der Waals surface area (Å²) in [5, 5.41) is 3.13. The molecule has 186 valence electrons. The van der Waals surface area contributed by atoms with Gasteiger partial charge in [0.15, 0.2) is 0 Å². The van der Waals surface area contributed by atoms with Gasteiger partial charge < -0.3 is 10.1 Å². The maximum absolute atomic E-state index is 13.1. The van der Waals surface area contributed by atoms with E-state index >= 15 is 0 Å². The van der Waals surface area contributed by atoms with Crippen molar-refractivity contribution in [1.82, 2.24) is 5.32 Å². The number of rotatable bonds is 10. The highest BCUT2D eigenvalue weighted by molar-refractivity contribution is 7.92. The zero-order valence-corrected chi connectivity index (χ0v) is 21.8. The van der Waals surface area contributed by atoms with Crippen LogP contribution >= 0.6 is 0 Å². The van der Waals surface area contributed by atoms with E-state index in [0.29, 0.717) is 17.2 Å². The highest BCUT2D eigenvalue weighted by Crippen LogP contribution is 2.26. The lowest BCUT2D eigenvalue weighted by Gasteiger charge is -2.24. The summed E-state index contributed by atoms with van der Waals surface area (Å²) in [6.45, 7) is 6.42. The topological polar surface area (TPSA) is 75.7 Å². The van der Waals surface area contributed by atoms with Crippen molar-refractivity contribution >= 4 is 21.6 Å². The van der Waals surface area contributed by atoms with Gasteiger partial charge in [-0.05, 0) is 72.4 Å². The van der Waals surface area contributed by atoms with Gasteiger partial charge in [0.05, 0.1) is 31.6 Å². The van der Waals surface area contributed by atoms with Crippen LogP contribution in [0, 0.1) is 12.8 Å². The molecule has 3 rings (SSSR count). The Kier molecular flexibility index (Phi) is 8.57. The van der Waals surface area contributed by atoms with Crippen molar-refractivity contribution < 1.29 is 17.9 Å². The van der Waals surface area contributed by atoms with Gasteiger partial charge in [-0.3, -0.25) is 9.10 Å².